The Morgan fingerprint density at radius 1 is 1.20 bits per heavy atom. The number of sulfone groups is 1. The van der Waals surface area contributed by atoms with Gasteiger partial charge in [-0.3, -0.25) is 19.2 Å². The molecule has 12 nitrogen and oxygen atoms in total. The van der Waals surface area contributed by atoms with Crippen LogP contribution >= 0.6 is 11.6 Å². The van der Waals surface area contributed by atoms with Gasteiger partial charge in [-0.2, -0.15) is 0 Å². The minimum Gasteiger partial charge on any atom is -0.494 e. The maximum atomic E-state index is 14.7. The average Bonchev–Trinajstić information content (AvgIpc) is 3.99. The number of ketones is 1. The number of nitrogens with zero attached hydrogens (tertiary/aromatic N) is 2. The Labute approximate surface area is 308 Å². The van der Waals surface area contributed by atoms with Crippen LogP contribution in [-0.4, -0.2) is 89.8 Å². The molecule has 0 bridgehead atoms. The summed E-state index contributed by atoms with van der Waals surface area (Å²) in [7, 11) is -2.23. The van der Waals surface area contributed by atoms with Gasteiger partial charge in [0.2, 0.25) is 17.7 Å². The van der Waals surface area contributed by atoms with E-state index in [2.05, 4.69) is 16.9 Å². The first-order chi connectivity index (χ1) is 24.9. The summed E-state index contributed by atoms with van der Waals surface area (Å²) in [5.41, 5.74) is -4.25. The number of methoxy groups -OCH3 is 1. The molecule has 0 unspecified atom stereocenters. The van der Waals surface area contributed by atoms with Gasteiger partial charge in [-0.25, -0.2) is 13.4 Å². The number of benzene rings is 1. The standard InChI is InChI=1S/C37H48ClN3O9S/c1-9-21-17-37(21,30(42)20-51(46,47)24-11-12-24)40-32(44)28-15-23(49-33-26-14-22(38)10-13-25(26)29(48-8)18-39-33)19-41(28)34(45)27(35(2,3)4)16-31(43)50-36(5,6)7/h9-10,13-14,18,21,23-24,27-28H,1,11-12,15-17,19-20H2,2-8H3,(H,40,44)/t21-,23-,27-,28+,37-/m1/s1/i2D3. The fourth-order valence-corrected chi connectivity index (χ4v) is 8.51. The van der Waals surface area contributed by atoms with Gasteiger partial charge < -0.3 is 24.4 Å². The SMILES string of the molecule is [2H]C([2H])([2H])C(C)(C)[C@H](CC(=O)OC(C)(C)C)C(=O)N1C[C@H](Oc2ncc(OC)c3ccc(Cl)cc23)C[C@H]1C(=O)N[C@]1(C(=O)CS(=O)(=O)C2CC2)C[C@H]1C=C. The van der Waals surface area contributed by atoms with Gasteiger partial charge in [-0.15, -0.1) is 6.58 Å². The van der Waals surface area contributed by atoms with Crippen molar-refractivity contribution in [2.45, 2.75) is 102 Å². The second-order valence-electron chi connectivity index (χ2n) is 15.3. The number of amides is 2. The maximum absolute atomic E-state index is 14.7. The van der Waals surface area contributed by atoms with E-state index >= 15 is 0 Å². The molecule has 1 saturated heterocycles. The molecular formula is C37H48ClN3O9S. The van der Waals surface area contributed by atoms with Gasteiger partial charge in [0.05, 0.1) is 37.4 Å². The molecule has 2 heterocycles. The van der Waals surface area contributed by atoms with Crippen LogP contribution in [0.3, 0.4) is 0 Å². The molecule has 2 aliphatic carbocycles. The number of ether oxygens (including phenoxy) is 3. The summed E-state index contributed by atoms with van der Waals surface area (Å²) >= 11 is 6.32. The van der Waals surface area contributed by atoms with E-state index in [0.717, 1.165) is 0 Å². The first-order valence-corrected chi connectivity index (χ1v) is 19.0. The predicted octanol–water partition coefficient (Wildman–Crippen LogP) is 4.85. The van der Waals surface area contributed by atoms with Gasteiger partial charge in [-0.05, 0) is 63.6 Å². The van der Waals surface area contributed by atoms with Crippen molar-refractivity contribution >= 4 is 55.8 Å². The smallest absolute Gasteiger partial charge is 0.307 e. The molecule has 0 spiro atoms. The molecule has 51 heavy (non-hydrogen) atoms. The zero-order chi connectivity index (χ0) is 40.2. The minimum atomic E-state index is -3.72. The summed E-state index contributed by atoms with van der Waals surface area (Å²) < 4.78 is 67.9. The summed E-state index contributed by atoms with van der Waals surface area (Å²) in [6.07, 6.45) is 2.40. The molecule has 1 aromatic carbocycles. The lowest BCUT2D eigenvalue weighted by molar-refractivity contribution is -0.161. The second kappa shape index (κ2) is 14.0. The number of hydrogen-bond acceptors (Lipinski definition) is 10. The number of pyridine rings is 1. The molecule has 2 amide bonds. The van der Waals surface area contributed by atoms with Crippen molar-refractivity contribution in [2.75, 3.05) is 19.4 Å². The Kier molecular flexibility index (Phi) is 9.45. The second-order valence-corrected chi connectivity index (χ2v) is 18.0. The van der Waals surface area contributed by atoms with Crippen molar-refractivity contribution in [3.05, 3.63) is 42.1 Å². The zero-order valence-corrected chi connectivity index (χ0v) is 31.4. The molecule has 1 aliphatic heterocycles. The van der Waals surface area contributed by atoms with Crippen LogP contribution in [0.2, 0.25) is 5.02 Å². The molecule has 278 valence electrons. The van der Waals surface area contributed by atoms with E-state index in [1.54, 1.807) is 39.0 Å². The quantitative estimate of drug-likeness (QED) is 0.222. The summed E-state index contributed by atoms with van der Waals surface area (Å²) in [4.78, 5) is 61.5. The Bertz CT molecular complexity index is 1960. The van der Waals surface area contributed by atoms with Crippen molar-refractivity contribution in [2.24, 2.45) is 17.3 Å². The number of aromatic nitrogens is 1. The lowest BCUT2D eigenvalue weighted by atomic mass is 9.77. The van der Waals surface area contributed by atoms with E-state index in [1.165, 1.54) is 38.1 Å². The number of esters is 1. The molecule has 0 radical (unpaired) electrons. The molecule has 2 aromatic rings. The predicted molar refractivity (Wildman–Crippen MR) is 192 cm³/mol. The van der Waals surface area contributed by atoms with Gasteiger partial charge in [0.1, 0.15) is 34.8 Å². The van der Waals surface area contributed by atoms with Crippen molar-refractivity contribution < 1.29 is 45.9 Å². The van der Waals surface area contributed by atoms with Crippen LogP contribution in [0.5, 0.6) is 11.6 Å². The Morgan fingerprint density at radius 2 is 1.90 bits per heavy atom. The van der Waals surface area contributed by atoms with Crippen LogP contribution in [0.15, 0.2) is 37.1 Å². The number of rotatable bonds is 13. The third-order valence-electron chi connectivity index (χ3n) is 9.59. The van der Waals surface area contributed by atoms with E-state index in [9.17, 15) is 27.6 Å². The molecule has 14 heteroatoms. The lowest BCUT2D eigenvalue weighted by Gasteiger charge is -2.35. The largest absolute Gasteiger partial charge is 0.494 e. The van der Waals surface area contributed by atoms with Gasteiger partial charge in [0.25, 0.3) is 0 Å². The Morgan fingerprint density at radius 3 is 2.49 bits per heavy atom. The third kappa shape index (κ3) is 8.51. The van der Waals surface area contributed by atoms with Gasteiger partial charge in [0.15, 0.2) is 15.6 Å². The highest BCUT2D eigenvalue weighted by Crippen LogP contribution is 2.47. The van der Waals surface area contributed by atoms with Crippen LogP contribution in [0.4, 0.5) is 0 Å². The van der Waals surface area contributed by atoms with Gasteiger partial charge in [0, 0.05) is 32.2 Å². The molecule has 5 rings (SSSR count). The number of hydrogen-bond donors (Lipinski definition) is 1. The summed E-state index contributed by atoms with van der Waals surface area (Å²) in [5.74, 6) is -5.24. The summed E-state index contributed by atoms with van der Waals surface area (Å²) in [6.45, 7) is 8.46. The number of halogens is 1. The molecule has 5 atom stereocenters. The number of fused-ring (bicyclic) bond motifs is 1. The molecule has 3 fully saturated rings. The zero-order valence-electron chi connectivity index (χ0n) is 32.8. The molecule has 2 saturated carbocycles. The van der Waals surface area contributed by atoms with E-state index in [-0.39, 0.29) is 25.3 Å². The van der Waals surface area contributed by atoms with E-state index < -0.39 is 98.2 Å². The fourth-order valence-electron chi connectivity index (χ4n) is 6.62. The van der Waals surface area contributed by atoms with Crippen LogP contribution in [0, 0.1) is 17.3 Å². The molecule has 1 aromatic heterocycles. The van der Waals surface area contributed by atoms with Crippen molar-refractivity contribution in [3.63, 3.8) is 0 Å². The van der Waals surface area contributed by atoms with Crippen LogP contribution < -0.4 is 14.8 Å². The van der Waals surface area contributed by atoms with Gasteiger partial charge in [-0.1, -0.05) is 38.4 Å². The Hall–Kier alpha value is -3.71. The Balaban J connectivity index is 1.51. The number of Topliss-reactive ketones (excluding diaryl/α,β-unsaturated/α-hetero) is 1. The van der Waals surface area contributed by atoms with E-state index in [4.69, 9.17) is 29.9 Å². The normalized spacial score (nSPS) is 25.2. The summed E-state index contributed by atoms with van der Waals surface area (Å²) in [6, 6.07) is 3.72. The molecule has 1 N–H and O–H groups in total. The number of carbonyl (C=O) groups is 4. The fraction of sp³-hybridized carbons (Fsp3) is 0.595. The van der Waals surface area contributed by atoms with Crippen LogP contribution in [0.25, 0.3) is 10.8 Å². The first-order valence-electron chi connectivity index (χ1n) is 18.4. The molecule has 3 aliphatic rings. The number of carbonyl (C=O) groups excluding carboxylic acids is 4. The van der Waals surface area contributed by atoms with E-state index in [1.807, 2.05) is 0 Å². The van der Waals surface area contributed by atoms with Crippen molar-refractivity contribution in [3.8, 4) is 11.6 Å². The highest BCUT2D eigenvalue weighted by molar-refractivity contribution is 7.93. The van der Waals surface area contributed by atoms with E-state index in [0.29, 0.717) is 34.4 Å². The lowest BCUT2D eigenvalue weighted by Crippen LogP contribution is -2.55. The molecular weight excluding hydrogens is 698 g/mol. The monoisotopic (exact) mass is 748 g/mol. The average molecular weight is 749 g/mol. The maximum Gasteiger partial charge on any atom is 0.307 e. The number of likely N-dealkylation sites (tertiary alicyclic amines) is 1. The number of nitrogens with one attached hydrogen (secondary N) is 1. The van der Waals surface area contributed by atoms with Crippen molar-refractivity contribution in [1.29, 1.82) is 0 Å². The van der Waals surface area contributed by atoms with Crippen molar-refractivity contribution in [1.82, 2.24) is 15.2 Å². The van der Waals surface area contributed by atoms with Crippen LogP contribution in [0.1, 0.15) is 77.7 Å². The highest BCUT2D eigenvalue weighted by atomic mass is 35.5. The minimum absolute atomic E-state index is 0.121. The van der Waals surface area contributed by atoms with Gasteiger partial charge >= 0.3 is 5.97 Å². The highest BCUT2D eigenvalue weighted by Gasteiger charge is 2.61. The topological polar surface area (TPSA) is 158 Å². The van der Waals surface area contributed by atoms with Crippen LogP contribution in [-0.2, 0) is 33.8 Å². The third-order valence-corrected chi connectivity index (χ3v) is 12.0. The first kappa shape index (κ1) is 34.4. The summed E-state index contributed by atoms with van der Waals surface area (Å²) in [5, 5.41) is 3.70.